The molecule has 0 amide bonds. The van der Waals surface area contributed by atoms with E-state index >= 15 is 0 Å². The first-order valence-corrected chi connectivity index (χ1v) is 6.54. The Morgan fingerprint density at radius 3 is 2.55 bits per heavy atom. The van der Waals surface area contributed by atoms with Crippen molar-refractivity contribution < 1.29 is 4.74 Å². The predicted molar refractivity (Wildman–Crippen MR) is 81.0 cm³/mol. The van der Waals surface area contributed by atoms with Crippen molar-refractivity contribution >= 4 is 17.4 Å². The van der Waals surface area contributed by atoms with Crippen molar-refractivity contribution in [2.45, 2.75) is 6.92 Å². The van der Waals surface area contributed by atoms with Crippen molar-refractivity contribution in [1.82, 2.24) is 0 Å². The zero-order chi connectivity index (χ0) is 13.9. The van der Waals surface area contributed by atoms with Gasteiger partial charge in [0.2, 0.25) is 0 Å². The highest BCUT2D eigenvalue weighted by Gasteiger charge is 2.19. The molecule has 0 radical (unpaired) electrons. The third kappa shape index (κ3) is 2.16. The maximum absolute atomic E-state index is 5.93. The summed E-state index contributed by atoms with van der Waals surface area (Å²) in [4.78, 5) is 8.93. The number of hydrogen-bond acceptors (Lipinski definition) is 3. The molecule has 4 nitrogen and oxygen atoms in total. The summed E-state index contributed by atoms with van der Waals surface area (Å²) in [6.45, 7) is 2.55. The highest BCUT2D eigenvalue weighted by atomic mass is 16.5. The summed E-state index contributed by atoms with van der Waals surface area (Å²) < 4.78 is 5.58. The molecule has 0 spiro atoms. The van der Waals surface area contributed by atoms with E-state index in [-0.39, 0.29) is 0 Å². The van der Waals surface area contributed by atoms with E-state index in [9.17, 15) is 0 Å². The van der Waals surface area contributed by atoms with Gasteiger partial charge >= 0.3 is 0 Å². The summed E-state index contributed by atoms with van der Waals surface area (Å²) in [6, 6.07) is 15.5. The maximum atomic E-state index is 5.93. The summed E-state index contributed by atoms with van der Waals surface area (Å²) in [5, 5.41) is 0. The summed E-state index contributed by atoms with van der Waals surface area (Å²) in [7, 11) is 0. The van der Waals surface area contributed by atoms with Crippen LogP contribution >= 0.6 is 0 Å². The van der Waals surface area contributed by atoms with E-state index in [0.717, 1.165) is 22.6 Å². The SMILES string of the molecule is CCOc1ccccc1N=C1N=C(N)c2ccccc21. The molecule has 0 saturated carbocycles. The van der Waals surface area contributed by atoms with Gasteiger partial charge in [-0.05, 0) is 19.1 Å². The molecule has 100 valence electrons. The normalized spacial score (nSPS) is 15.1. The number of nitrogens with zero attached hydrogens (tertiary/aromatic N) is 2. The molecular formula is C16H15N3O. The lowest BCUT2D eigenvalue weighted by Crippen LogP contribution is -2.09. The van der Waals surface area contributed by atoms with Gasteiger partial charge in [0.15, 0.2) is 5.84 Å². The molecule has 1 aliphatic heterocycles. The van der Waals surface area contributed by atoms with Crippen LogP contribution in [-0.2, 0) is 0 Å². The Kier molecular flexibility index (Phi) is 3.21. The lowest BCUT2D eigenvalue weighted by molar-refractivity contribution is 0.341. The molecule has 2 aromatic carbocycles. The quantitative estimate of drug-likeness (QED) is 0.927. The van der Waals surface area contributed by atoms with Gasteiger partial charge in [0.25, 0.3) is 0 Å². The fraction of sp³-hybridized carbons (Fsp3) is 0.125. The number of benzene rings is 2. The number of hydrogen-bond donors (Lipinski definition) is 1. The van der Waals surface area contributed by atoms with Crippen LogP contribution in [-0.4, -0.2) is 18.3 Å². The van der Waals surface area contributed by atoms with Crippen LogP contribution in [0.3, 0.4) is 0 Å². The molecule has 0 bridgehead atoms. The molecule has 20 heavy (non-hydrogen) atoms. The van der Waals surface area contributed by atoms with Crippen LogP contribution in [0.1, 0.15) is 18.1 Å². The molecule has 0 fully saturated rings. The molecule has 2 N–H and O–H groups in total. The average Bonchev–Trinajstić information content (AvgIpc) is 2.79. The van der Waals surface area contributed by atoms with Gasteiger partial charge in [-0.3, -0.25) is 0 Å². The first kappa shape index (κ1) is 12.4. The van der Waals surface area contributed by atoms with E-state index in [2.05, 4.69) is 9.98 Å². The summed E-state index contributed by atoms with van der Waals surface area (Å²) in [5.74, 6) is 1.89. The second kappa shape index (κ2) is 5.17. The van der Waals surface area contributed by atoms with Gasteiger partial charge in [-0.15, -0.1) is 0 Å². The molecule has 2 aromatic rings. The van der Waals surface area contributed by atoms with Gasteiger partial charge in [-0.25, -0.2) is 9.98 Å². The van der Waals surface area contributed by atoms with Gasteiger partial charge in [0, 0.05) is 11.1 Å². The number of aliphatic imine (C=N–C) groups is 2. The van der Waals surface area contributed by atoms with E-state index in [1.807, 2.05) is 55.5 Å². The predicted octanol–water partition coefficient (Wildman–Crippen LogP) is 2.88. The largest absolute Gasteiger partial charge is 0.492 e. The minimum Gasteiger partial charge on any atom is -0.492 e. The maximum Gasteiger partial charge on any atom is 0.163 e. The molecule has 4 heteroatoms. The van der Waals surface area contributed by atoms with E-state index in [1.54, 1.807) is 0 Å². The number of amidine groups is 2. The van der Waals surface area contributed by atoms with E-state index in [1.165, 1.54) is 0 Å². The number of nitrogens with two attached hydrogens (primary N) is 1. The fourth-order valence-electron chi connectivity index (χ4n) is 2.16. The second-order valence-electron chi connectivity index (χ2n) is 4.38. The first-order chi connectivity index (χ1) is 9.79. The Morgan fingerprint density at radius 1 is 1.05 bits per heavy atom. The van der Waals surface area contributed by atoms with Gasteiger partial charge in [-0.2, -0.15) is 0 Å². The Hall–Kier alpha value is -2.62. The van der Waals surface area contributed by atoms with Crippen molar-refractivity contribution in [3.8, 4) is 5.75 Å². The van der Waals surface area contributed by atoms with Crippen LogP contribution in [0.25, 0.3) is 0 Å². The minimum atomic E-state index is 0.508. The molecular weight excluding hydrogens is 250 g/mol. The minimum absolute atomic E-state index is 0.508. The average molecular weight is 265 g/mol. The molecule has 1 heterocycles. The number of rotatable bonds is 3. The van der Waals surface area contributed by atoms with Gasteiger partial charge < -0.3 is 10.5 Å². The zero-order valence-electron chi connectivity index (χ0n) is 11.2. The number of fused-ring (bicyclic) bond motifs is 1. The second-order valence-corrected chi connectivity index (χ2v) is 4.38. The van der Waals surface area contributed by atoms with E-state index in [4.69, 9.17) is 10.5 Å². The van der Waals surface area contributed by atoms with Crippen LogP contribution in [0.4, 0.5) is 5.69 Å². The van der Waals surface area contributed by atoms with Gasteiger partial charge in [0.1, 0.15) is 17.3 Å². The summed E-state index contributed by atoms with van der Waals surface area (Å²) in [5.41, 5.74) is 8.57. The van der Waals surface area contributed by atoms with Crippen molar-refractivity contribution in [3.63, 3.8) is 0 Å². The lowest BCUT2D eigenvalue weighted by Gasteiger charge is -2.06. The Morgan fingerprint density at radius 2 is 1.75 bits per heavy atom. The smallest absolute Gasteiger partial charge is 0.163 e. The van der Waals surface area contributed by atoms with E-state index in [0.29, 0.717) is 18.3 Å². The fourth-order valence-corrected chi connectivity index (χ4v) is 2.16. The standard InChI is InChI=1S/C16H15N3O/c1-2-20-14-10-6-5-9-13(14)18-16-12-8-4-3-7-11(12)15(17)19-16/h3-10H,2H2,1H3,(H2,17,18,19). The monoisotopic (exact) mass is 265 g/mol. The molecule has 0 unspecified atom stereocenters. The first-order valence-electron chi connectivity index (χ1n) is 6.54. The Labute approximate surface area is 117 Å². The van der Waals surface area contributed by atoms with Crippen molar-refractivity contribution in [1.29, 1.82) is 0 Å². The Balaban J connectivity index is 2.07. The van der Waals surface area contributed by atoms with Gasteiger partial charge in [-0.1, -0.05) is 36.4 Å². The molecule has 1 aliphatic rings. The van der Waals surface area contributed by atoms with E-state index < -0.39 is 0 Å². The van der Waals surface area contributed by atoms with Crippen LogP contribution in [0.15, 0.2) is 58.5 Å². The summed E-state index contributed by atoms with van der Waals surface area (Å²) >= 11 is 0. The molecule has 0 atom stereocenters. The number of para-hydroxylation sites is 2. The highest BCUT2D eigenvalue weighted by molar-refractivity contribution is 6.22. The number of ether oxygens (including phenoxy) is 1. The zero-order valence-corrected chi connectivity index (χ0v) is 11.2. The summed E-state index contributed by atoms with van der Waals surface area (Å²) in [6.07, 6.45) is 0. The van der Waals surface area contributed by atoms with Crippen molar-refractivity contribution in [3.05, 3.63) is 59.7 Å². The lowest BCUT2D eigenvalue weighted by atomic mass is 10.1. The van der Waals surface area contributed by atoms with Crippen molar-refractivity contribution in [2.75, 3.05) is 6.61 Å². The third-order valence-electron chi connectivity index (χ3n) is 3.06. The van der Waals surface area contributed by atoms with Gasteiger partial charge in [0.05, 0.1) is 6.61 Å². The topological polar surface area (TPSA) is 60.0 Å². The highest BCUT2D eigenvalue weighted by Crippen LogP contribution is 2.29. The van der Waals surface area contributed by atoms with Crippen LogP contribution in [0.2, 0.25) is 0 Å². The molecule has 0 aromatic heterocycles. The van der Waals surface area contributed by atoms with Crippen molar-refractivity contribution in [2.24, 2.45) is 15.7 Å². The molecule has 0 saturated heterocycles. The molecule has 3 rings (SSSR count). The van der Waals surface area contributed by atoms with Crippen LogP contribution in [0.5, 0.6) is 5.75 Å². The molecule has 0 aliphatic carbocycles. The van der Waals surface area contributed by atoms with Crippen LogP contribution in [0, 0.1) is 0 Å². The Bertz CT molecular complexity index is 704. The van der Waals surface area contributed by atoms with Crippen LogP contribution < -0.4 is 10.5 Å². The third-order valence-corrected chi connectivity index (χ3v) is 3.06.